The molecule has 0 bridgehead atoms. The minimum atomic E-state index is 0.702. The second-order valence-corrected chi connectivity index (χ2v) is 3.82. The normalized spacial score (nSPS) is 20.8. The Labute approximate surface area is 87.8 Å². The highest BCUT2D eigenvalue weighted by Crippen LogP contribution is 2.25. The van der Waals surface area contributed by atoms with Gasteiger partial charge in [0.05, 0.1) is 0 Å². The number of allylic oxidation sites excluding steroid dienone is 4. The molecule has 1 aliphatic heterocycles. The molecule has 1 aliphatic rings. The maximum Gasteiger partial charge on any atom is -0.00130 e. The fourth-order valence-electron chi connectivity index (χ4n) is 2.09. The minimum absolute atomic E-state index is 0.702. The van der Waals surface area contributed by atoms with Crippen LogP contribution in [-0.2, 0) is 0 Å². The van der Waals surface area contributed by atoms with E-state index in [9.17, 15) is 0 Å². The molecule has 1 heteroatoms. The van der Waals surface area contributed by atoms with E-state index in [1.807, 2.05) is 12.2 Å². The van der Waals surface area contributed by atoms with Crippen molar-refractivity contribution in [2.24, 2.45) is 5.92 Å². The van der Waals surface area contributed by atoms with Crippen molar-refractivity contribution in [3.63, 3.8) is 0 Å². The maximum absolute atomic E-state index is 3.86. The van der Waals surface area contributed by atoms with Gasteiger partial charge in [-0.3, -0.25) is 0 Å². The Hall–Kier alpha value is -0.820. The van der Waals surface area contributed by atoms with Crippen molar-refractivity contribution in [2.45, 2.75) is 19.8 Å². The van der Waals surface area contributed by atoms with Gasteiger partial charge in [-0.15, -0.1) is 0 Å². The van der Waals surface area contributed by atoms with Gasteiger partial charge in [0, 0.05) is 0 Å². The SMILES string of the molecule is C=C/C=C(\C=C)C1CCN(CC)CC1. The van der Waals surface area contributed by atoms with Crippen LogP contribution in [-0.4, -0.2) is 24.5 Å². The van der Waals surface area contributed by atoms with Crippen molar-refractivity contribution in [1.29, 1.82) is 0 Å². The lowest BCUT2D eigenvalue weighted by Gasteiger charge is -2.31. The molecule has 0 amide bonds. The minimum Gasteiger partial charge on any atom is -0.304 e. The third-order valence-corrected chi connectivity index (χ3v) is 3.05. The third kappa shape index (κ3) is 2.85. The molecule has 0 aromatic carbocycles. The van der Waals surface area contributed by atoms with Crippen molar-refractivity contribution < 1.29 is 0 Å². The van der Waals surface area contributed by atoms with Crippen molar-refractivity contribution in [1.82, 2.24) is 4.90 Å². The Morgan fingerprint density at radius 2 is 2.00 bits per heavy atom. The first kappa shape index (κ1) is 11.3. The van der Waals surface area contributed by atoms with E-state index in [1.54, 1.807) is 0 Å². The quantitative estimate of drug-likeness (QED) is 0.617. The highest BCUT2D eigenvalue weighted by atomic mass is 15.1. The Morgan fingerprint density at radius 3 is 2.43 bits per heavy atom. The molecule has 1 saturated heterocycles. The lowest BCUT2D eigenvalue weighted by Crippen LogP contribution is -2.33. The molecule has 14 heavy (non-hydrogen) atoms. The van der Waals surface area contributed by atoms with E-state index in [-0.39, 0.29) is 0 Å². The Kier molecular flexibility index (Phi) is 4.68. The topological polar surface area (TPSA) is 3.24 Å². The first-order chi connectivity index (χ1) is 6.81. The summed E-state index contributed by atoms with van der Waals surface area (Å²) in [7, 11) is 0. The first-order valence-corrected chi connectivity index (χ1v) is 5.49. The molecule has 1 rings (SSSR count). The maximum atomic E-state index is 3.86. The van der Waals surface area contributed by atoms with Gasteiger partial charge in [0.1, 0.15) is 0 Å². The van der Waals surface area contributed by atoms with Crippen molar-refractivity contribution in [3.8, 4) is 0 Å². The second kappa shape index (κ2) is 5.82. The average Bonchev–Trinajstić information content (AvgIpc) is 2.26. The van der Waals surface area contributed by atoms with Gasteiger partial charge in [0.2, 0.25) is 0 Å². The van der Waals surface area contributed by atoms with E-state index in [0.29, 0.717) is 5.92 Å². The van der Waals surface area contributed by atoms with E-state index >= 15 is 0 Å². The zero-order valence-corrected chi connectivity index (χ0v) is 9.21. The van der Waals surface area contributed by atoms with E-state index < -0.39 is 0 Å². The van der Waals surface area contributed by atoms with Gasteiger partial charge >= 0.3 is 0 Å². The van der Waals surface area contributed by atoms with Crippen LogP contribution in [0.15, 0.2) is 37.0 Å². The molecule has 78 valence electrons. The summed E-state index contributed by atoms with van der Waals surface area (Å²) in [6.07, 6.45) is 8.47. The van der Waals surface area contributed by atoms with Crippen LogP contribution >= 0.6 is 0 Å². The molecule has 0 aromatic heterocycles. The van der Waals surface area contributed by atoms with E-state index in [1.165, 1.54) is 38.0 Å². The summed E-state index contributed by atoms with van der Waals surface area (Å²) in [4.78, 5) is 2.51. The average molecular weight is 191 g/mol. The Morgan fingerprint density at radius 1 is 1.36 bits per heavy atom. The van der Waals surface area contributed by atoms with Gasteiger partial charge in [-0.05, 0) is 44.0 Å². The van der Waals surface area contributed by atoms with Crippen LogP contribution in [0.25, 0.3) is 0 Å². The van der Waals surface area contributed by atoms with Crippen LogP contribution in [0.3, 0.4) is 0 Å². The molecule has 0 saturated carbocycles. The van der Waals surface area contributed by atoms with Gasteiger partial charge < -0.3 is 4.90 Å². The molecule has 0 N–H and O–H groups in total. The second-order valence-electron chi connectivity index (χ2n) is 3.82. The van der Waals surface area contributed by atoms with Gasteiger partial charge in [-0.1, -0.05) is 38.3 Å². The molecular formula is C13H21N. The summed E-state index contributed by atoms with van der Waals surface area (Å²) in [5, 5.41) is 0. The summed E-state index contributed by atoms with van der Waals surface area (Å²) in [6.45, 7) is 13.5. The number of hydrogen-bond acceptors (Lipinski definition) is 1. The van der Waals surface area contributed by atoms with Crippen molar-refractivity contribution in [2.75, 3.05) is 19.6 Å². The molecular weight excluding hydrogens is 170 g/mol. The summed E-state index contributed by atoms with van der Waals surface area (Å²) in [5.74, 6) is 0.702. The fourth-order valence-corrected chi connectivity index (χ4v) is 2.09. The Balaban J connectivity index is 2.51. The summed E-state index contributed by atoms with van der Waals surface area (Å²) in [5.41, 5.74) is 1.36. The highest BCUT2D eigenvalue weighted by Gasteiger charge is 2.19. The molecule has 1 heterocycles. The van der Waals surface area contributed by atoms with Crippen LogP contribution in [0, 0.1) is 5.92 Å². The van der Waals surface area contributed by atoms with Crippen LogP contribution < -0.4 is 0 Å². The van der Waals surface area contributed by atoms with Crippen molar-refractivity contribution >= 4 is 0 Å². The predicted octanol–water partition coefficient (Wildman–Crippen LogP) is 3.02. The summed E-state index contributed by atoms with van der Waals surface area (Å²) in [6, 6.07) is 0. The number of hydrogen-bond donors (Lipinski definition) is 0. The summed E-state index contributed by atoms with van der Waals surface area (Å²) >= 11 is 0. The molecule has 1 fully saturated rings. The number of nitrogens with zero attached hydrogens (tertiary/aromatic N) is 1. The molecule has 1 nitrogen and oxygen atoms in total. The number of likely N-dealkylation sites (tertiary alicyclic amines) is 1. The number of rotatable bonds is 4. The lowest BCUT2D eigenvalue weighted by atomic mass is 9.89. The molecule has 0 aromatic rings. The van der Waals surface area contributed by atoms with Crippen molar-refractivity contribution in [3.05, 3.63) is 37.0 Å². The standard InChI is InChI=1S/C13H21N/c1-4-7-12(5-2)13-8-10-14(6-3)11-9-13/h4-5,7,13H,1-2,6,8-11H2,3H3/b12-7+. The summed E-state index contributed by atoms with van der Waals surface area (Å²) < 4.78 is 0. The monoisotopic (exact) mass is 191 g/mol. The van der Waals surface area contributed by atoms with Gasteiger partial charge in [0.15, 0.2) is 0 Å². The smallest absolute Gasteiger partial charge is 0.00130 e. The largest absolute Gasteiger partial charge is 0.304 e. The number of piperidine rings is 1. The van der Waals surface area contributed by atoms with E-state index in [0.717, 1.165) is 0 Å². The zero-order chi connectivity index (χ0) is 10.4. The van der Waals surface area contributed by atoms with E-state index in [2.05, 4.69) is 31.1 Å². The molecule has 0 aliphatic carbocycles. The molecule has 0 unspecified atom stereocenters. The lowest BCUT2D eigenvalue weighted by molar-refractivity contribution is 0.209. The van der Waals surface area contributed by atoms with Crippen LogP contribution in [0.4, 0.5) is 0 Å². The molecule has 0 radical (unpaired) electrons. The molecule has 0 atom stereocenters. The predicted molar refractivity (Wildman–Crippen MR) is 63.3 cm³/mol. The van der Waals surface area contributed by atoms with Gasteiger partial charge in [0.25, 0.3) is 0 Å². The van der Waals surface area contributed by atoms with Crippen LogP contribution in [0.1, 0.15) is 19.8 Å². The Bertz CT molecular complexity index is 219. The first-order valence-electron chi connectivity index (χ1n) is 5.49. The van der Waals surface area contributed by atoms with Gasteiger partial charge in [-0.25, -0.2) is 0 Å². The fraction of sp³-hybridized carbons (Fsp3) is 0.538. The molecule has 0 spiro atoms. The van der Waals surface area contributed by atoms with Crippen LogP contribution in [0.2, 0.25) is 0 Å². The highest BCUT2D eigenvalue weighted by molar-refractivity contribution is 5.24. The third-order valence-electron chi connectivity index (χ3n) is 3.05. The van der Waals surface area contributed by atoms with E-state index in [4.69, 9.17) is 0 Å². The van der Waals surface area contributed by atoms with Crippen LogP contribution in [0.5, 0.6) is 0 Å². The zero-order valence-electron chi connectivity index (χ0n) is 9.21. The van der Waals surface area contributed by atoms with Gasteiger partial charge in [-0.2, -0.15) is 0 Å².